The van der Waals surface area contributed by atoms with Crippen molar-refractivity contribution in [3.63, 3.8) is 0 Å². The second kappa shape index (κ2) is 8.59. The molecule has 4 rings (SSSR count). The molecule has 0 fully saturated rings. The Morgan fingerprint density at radius 3 is 2.14 bits per heavy atom. The van der Waals surface area contributed by atoms with Crippen LogP contribution in [0.4, 0.5) is 0 Å². The first-order valence-corrected chi connectivity index (χ1v) is 9.08. The number of hydrogen-bond donors (Lipinski definition) is 0. The summed E-state index contributed by atoms with van der Waals surface area (Å²) in [5.74, 6) is 0.145. The molecule has 1 aliphatic rings. The van der Waals surface area contributed by atoms with Crippen molar-refractivity contribution in [1.82, 2.24) is 0 Å². The van der Waals surface area contributed by atoms with E-state index in [1.807, 2.05) is 60.7 Å². The third kappa shape index (κ3) is 4.32. The monoisotopic (exact) mass is 376 g/mol. The number of cyclic esters (lactones) is 1. The van der Waals surface area contributed by atoms with E-state index in [9.17, 15) is 4.79 Å². The summed E-state index contributed by atoms with van der Waals surface area (Å²) >= 11 is 0. The van der Waals surface area contributed by atoms with Gasteiger partial charge >= 0.3 is 5.97 Å². The van der Waals surface area contributed by atoms with Crippen LogP contribution < -0.4 is 0 Å². The summed E-state index contributed by atoms with van der Waals surface area (Å²) in [5, 5.41) is 0. The van der Waals surface area contributed by atoms with Gasteiger partial charge in [0.25, 0.3) is 0 Å². The summed E-state index contributed by atoms with van der Waals surface area (Å²) in [4.78, 5) is 12.4. The van der Waals surface area contributed by atoms with Crippen molar-refractivity contribution in [2.45, 2.75) is 25.4 Å². The number of ether oxygens (including phenoxy) is 3. The molecule has 5 heteroatoms. The van der Waals surface area contributed by atoms with Crippen LogP contribution in [0.25, 0.3) is 0 Å². The molecule has 0 bridgehead atoms. The van der Waals surface area contributed by atoms with Gasteiger partial charge in [-0.2, -0.15) is 0 Å². The normalized spacial score (nSPS) is 19.0. The van der Waals surface area contributed by atoms with Crippen LogP contribution in [0.2, 0.25) is 0 Å². The fourth-order valence-electron chi connectivity index (χ4n) is 2.96. The van der Waals surface area contributed by atoms with Gasteiger partial charge in [-0.1, -0.05) is 60.7 Å². The van der Waals surface area contributed by atoms with Gasteiger partial charge in [0.15, 0.2) is 6.10 Å². The summed E-state index contributed by atoms with van der Waals surface area (Å²) in [7, 11) is 0. The maximum atomic E-state index is 12.4. The fourth-order valence-corrected chi connectivity index (χ4v) is 2.96. The smallest absolute Gasteiger partial charge is 0.374 e. The summed E-state index contributed by atoms with van der Waals surface area (Å²) in [6, 6.07) is 23.0. The molecule has 2 heterocycles. The van der Waals surface area contributed by atoms with Crippen LogP contribution in [0.15, 0.2) is 95.3 Å². The third-order valence-electron chi connectivity index (χ3n) is 4.40. The molecule has 5 nitrogen and oxygen atoms in total. The lowest BCUT2D eigenvalue weighted by molar-refractivity contribution is -0.162. The minimum atomic E-state index is -0.657. The molecule has 0 spiro atoms. The average Bonchev–Trinajstić information content (AvgIpc) is 3.28. The molecule has 0 saturated carbocycles. The predicted molar refractivity (Wildman–Crippen MR) is 102 cm³/mol. The van der Waals surface area contributed by atoms with E-state index in [-0.39, 0.29) is 12.4 Å². The SMILES string of the molecule is O=C1O[C@H](c2ccco2)[C@H](OCc2ccccc2)C=C1OCc1ccccc1. The molecule has 0 radical (unpaired) electrons. The highest BCUT2D eigenvalue weighted by molar-refractivity contribution is 5.87. The number of carbonyl (C=O) groups is 1. The molecular weight excluding hydrogens is 356 g/mol. The number of hydrogen-bond acceptors (Lipinski definition) is 5. The lowest BCUT2D eigenvalue weighted by Gasteiger charge is -2.28. The standard InChI is InChI=1S/C23H20O5/c24-23-21(27-16-18-10-5-2-6-11-18)14-20(22(28-23)19-12-7-13-25-19)26-15-17-8-3-1-4-9-17/h1-14,20,22H,15-16H2/t20-,22-/m1/s1. The van der Waals surface area contributed by atoms with Crippen molar-refractivity contribution < 1.29 is 23.4 Å². The van der Waals surface area contributed by atoms with Gasteiger partial charge in [-0.25, -0.2) is 4.79 Å². The molecule has 0 saturated heterocycles. The Labute approximate surface area is 163 Å². The Morgan fingerprint density at radius 2 is 1.50 bits per heavy atom. The maximum Gasteiger partial charge on any atom is 0.374 e. The fraction of sp³-hybridized carbons (Fsp3) is 0.174. The lowest BCUT2D eigenvalue weighted by Crippen LogP contribution is -2.31. The molecule has 28 heavy (non-hydrogen) atoms. The Morgan fingerprint density at radius 1 is 0.821 bits per heavy atom. The largest absolute Gasteiger partial charge is 0.482 e. The molecule has 142 valence electrons. The Bertz CT molecular complexity index is 916. The van der Waals surface area contributed by atoms with Gasteiger partial charge in [0.1, 0.15) is 18.5 Å². The van der Waals surface area contributed by atoms with Crippen LogP contribution in [-0.4, -0.2) is 12.1 Å². The van der Waals surface area contributed by atoms with Gasteiger partial charge in [0.05, 0.1) is 12.9 Å². The summed E-state index contributed by atoms with van der Waals surface area (Å²) in [6.07, 6.45) is 2.04. The topological polar surface area (TPSA) is 57.9 Å². The van der Waals surface area contributed by atoms with E-state index in [0.29, 0.717) is 12.4 Å². The Kier molecular flexibility index (Phi) is 5.54. The van der Waals surface area contributed by atoms with Crippen LogP contribution in [-0.2, 0) is 32.2 Å². The summed E-state index contributed by atoms with van der Waals surface area (Å²) < 4.78 is 22.8. The third-order valence-corrected chi connectivity index (χ3v) is 4.40. The zero-order chi connectivity index (χ0) is 19.2. The first-order valence-electron chi connectivity index (χ1n) is 9.08. The van der Waals surface area contributed by atoms with Gasteiger partial charge in [0.2, 0.25) is 5.76 Å². The van der Waals surface area contributed by atoms with E-state index in [0.717, 1.165) is 11.1 Å². The molecule has 2 atom stereocenters. The maximum absolute atomic E-state index is 12.4. The Hall–Kier alpha value is -3.31. The van der Waals surface area contributed by atoms with Crippen LogP contribution >= 0.6 is 0 Å². The van der Waals surface area contributed by atoms with Gasteiger partial charge in [0, 0.05) is 0 Å². The first kappa shape index (κ1) is 18.1. The van der Waals surface area contributed by atoms with Crippen molar-refractivity contribution in [2.24, 2.45) is 0 Å². The second-order valence-corrected chi connectivity index (χ2v) is 6.41. The first-order chi connectivity index (χ1) is 13.8. The summed E-state index contributed by atoms with van der Waals surface area (Å²) in [6.45, 7) is 0.654. The van der Waals surface area contributed by atoms with Crippen LogP contribution in [0.5, 0.6) is 0 Å². The lowest BCUT2D eigenvalue weighted by atomic mass is 10.1. The molecule has 2 aromatic carbocycles. The van der Waals surface area contributed by atoms with Crippen molar-refractivity contribution in [3.05, 3.63) is 108 Å². The number of rotatable bonds is 7. The molecule has 1 aromatic heterocycles. The molecule has 0 unspecified atom stereocenters. The minimum absolute atomic E-state index is 0.143. The number of furan rings is 1. The Balaban J connectivity index is 1.51. The highest BCUT2D eigenvalue weighted by Gasteiger charge is 2.36. The molecule has 0 amide bonds. The average molecular weight is 376 g/mol. The van der Waals surface area contributed by atoms with E-state index in [1.54, 1.807) is 24.5 Å². The molecule has 0 aliphatic carbocycles. The number of carbonyl (C=O) groups excluding carboxylic acids is 1. The van der Waals surface area contributed by atoms with Crippen LogP contribution in [0, 0.1) is 0 Å². The van der Waals surface area contributed by atoms with Gasteiger partial charge < -0.3 is 18.6 Å². The zero-order valence-corrected chi connectivity index (χ0v) is 15.2. The quantitative estimate of drug-likeness (QED) is 0.566. The van der Waals surface area contributed by atoms with Crippen LogP contribution in [0.3, 0.4) is 0 Å². The highest BCUT2D eigenvalue weighted by Crippen LogP contribution is 2.32. The zero-order valence-electron chi connectivity index (χ0n) is 15.2. The van der Waals surface area contributed by atoms with Crippen molar-refractivity contribution in [1.29, 1.82) is 0 Å². The van der Waals surface area contributed by atoms with E-state index >= 15 is 0 Å². The predicted octanol–water partition coefficient (Wildman–Crippen LogP) is 4.56. The van der Waals surface area contributed by atoms with Gasteiger partial charge in [-0.15, -0.1) is 0 Å². The van der Waals surface area contributed by atoms with E-state index in [2.05, 4.69) is 0 Å². The van der Waals surface area contributed by atoms with Crippen LogP contribution in [0.1, 0.15) is 23.0 Å². The number of esters is 1. The van der Waals surface area contributed by atoms with E-state index < -0.39 is 18.2 Å². The molecule has 3 aromatic rings. The van der Waals surface area contributed by atoms with E-state index in [4.69, 9.17) is 18.6 Å². The number of benzene rings is 2. The molecule has 0 N–H and O–H groups in total. The molecular formula is C23H20O5. The molecule has 1 aliphatic heterocycles. The van der Waals surface area contributed by atoms with Crippen molar-refractivity contribution >= 4 is 5.97 Å². The van der Waals surface area contributed by atoms with Gasteiger partial charge in [-0.3, -0.25) is 0 Å². The van der Waals surface area contributed by atoms with Gasteiger partial charge in [-0.05, 0) is 29.3 Å². The van der Waals surface area contributed by atoms with Crippen molar-refractivity contribution in [2.75, 3.05) is 0 Å². The minimum Gasteiger partial charge on any atom is -0.482 e. The second-order valence-electron chi connectivity index (χ2n) is 6.41. The highest BCUT2D eigenvalue weighted by atomic mass is 16.6. The summed E-state index contributed by atoms with van der Waals surface area (Å²) in [5.41, 5.74) is 1.99. The van der Waals surface area contributed by atoms with Crippen molar-refractivity contribution in [3.8, 4) is 0 Å². The van der Waals surface area contributed by atoms with E-state index in [1.165, 1.54) is 0 Å².